The van der Waals surface area contributed by atoms with Gasteiger partial charge in [-0.25, -0.2) is 9.59 Å². The third-order valence-electron chi connectivity index (χ3n) is 5.97. The third-order valence-corrected chi connectivity index (χ3v) is 5.97. The monoisotopic (exact) mass is 450 g/mol. The largest absolute Gasteiger partial charge is 0.496 e. The summed E-state index contributed by atoms with van der Waals surface area (Å²) >= 11 is 0. The van der Waals surface area contributed by atoms with Crippen LogP contribution >= 0.6 is 0 Å². The summed E-state index contributed by atoms with van der Waals surface area (Å²) in [5.41, 5.74) is 2.90. The molecule has 0 spiro atoms. The minimum absolute atomic E-state index is 0.248. The van der Waals surface area contributed by atoms with Gasteiger partial charge in [-0.3, -0.25) is 4.90 Å². The summed E-state index contributed by atoms with van der Waals surface area (Å²) in [6, 6.07) is 16.7. The van der Waals surface area contributed by atoms with E-state index >= 15 is 0 Å². The Morgan fingerprint density at radius 3 is 2.42 bits per heavy atom. The van der Waals surface area contributed by atoms with E-state index in [0.29, 0.717) is 29.1 Å². The van der Waals surface area contributed by atoms with Crippen LogP contribution in [0.2, 0.25) is 0 Å². The number of ether oxygens (including phenoxy) is 2. The zero-order valence-corrected chi connectivity index (χ0v) is 19.0. The maximum absolute atomic E-state index is 13.0. The number of carbonyl (C=O) groups excluding carboxylic acids is 2. The Hall–Kier alpha value is -3.52. The minimum Gasteiger partial charge on any atom is -0.496 e. The highest BCUT2D eigenvalue weighted by atomic mass is 16.5. The van der Waals surface area contributed by atoms with Crippen LogP contribution in [0.15, 0.2) is 65.9 Å². The zero-order valence-electron chi connectivity index (χ0n) is 19.0. The standard InChI is InChI=1S/C25H30N4O4/c1-3-33-24(30)22-20(17-28-13-15-29(16-14-28)18-9-5-4-6-10-18)26-25(31)27-23(22)19-11-7-8-12-21(19)32-2/h4-12,23H,3,13-17H2,1-2H3,(H2,26,27,31)/t23-/m1/s1. The molecule has 0 aromatic heterocycles. The van der Waals surface area contributed by atoms with Crippen molar-refractivity contribution in [2.75, 3.05) is 51.3 Å². The molecule has 4 rings (SSSR count). The number of nitrogens with one attached hydrogen (secondary N) is 2. The Labute approximate surface area is 194 Å². The molecule has 8 heteroatoms. The van der Waals surface area contributed by atoms with E-state index < -0.39 is 12.0 Å². The van der Waals surface area contributed by atoms with Crippen LogP contribution < -0.4 is 20.3 Å². The second-order valence-electron chi connectivity index (χ2n) is 7.98. The van der Waals surface area contributed by atoms with Crippen molar-refractivity contribution in [3.8, 4) is 5.75 Å². The van der Waals surface area contributed by atoms with Crippen molar-refractivity contribution < 1.29 is 19.1 Å². The number of para-hydroxylation sites is 2. The van der Waals surface area contributed by atoms with E-state index in [4.69, 9.17) is 9.47 Å². The lowest BCUT2D eigenvalue weighted by Crippen LogP contribution is -2.51. The highest BCUT2D eigenvalue weighted by molar-refractivity contribution is 5.95. The van der Waals surface area contributed by atoms with Gasteiger partial charge in [-0.1, -0.05) is 36.4 Å². The molecule has 174 valence electrons. The lowest BCUT2D eigenvalue weighted by atomic mass is 9.94. The topological polar surface area (TPSA) is 83.1 Å². The molecule has 2 aromatic rings. The molecule has 2 aromatic carbocycles. The van der Waals surface area contributed by atoms with Gasteiger partial charge in [0.2, 0.25) is 0 Å². The average molecular weight is 451 g/mol. The van der Waals surface area contributed by atoms with Gasteiger partial charge in [-0.15, -0.1) is 0 Å². The number of nitrogens with zero attached hydrogens (tertiary/aromatic N) is 2. The fourth-order valence-corrected chi connectivity index (χ4v) is 4.36. The Morgan fingerprint density at radius 2 is 1.73 bits per heavy atom. The molecule has 33 heavy (non-hydrogen) atoms. The summed E-state index contributed by atoms with van der Waals surface area (Å²) in [7, 11) is 1.57. The van der Waals surface area contributed by atoms with Crippen LogP contribution in [0.1, 0.15) is 18.5 Å². The van der Waals surface area contributed by atoms with Gasteiger partial charge in [0.05, 0.1) is 25.3 Å². The van der Waals surface area contributed by atoms with E-state index in [1.165, 1.54) is 5.69 Å². The predicted octanol–water partition coefficient (Wildman–Crippen LogP) is 2.69. The first-order chi connectivity index (χ1) is 16.1. The molecule has 1 fully saturated rings. The summed E-state index contributed by atoms with van der Waals surface area (Å²) in [6.07, 6.45) is 0. The van der Waals surface area contributed by atoms with Crippen LogP contribution in [0.5, 0.6) is 5.75 Å². The number of benzene rings is 2. The molecule has 0 unspecified atom stereocenters. The van der Waals surface area contributed by atoms with Crippen molar-refractivity contribution in [3.05, 3.63) is 71.4 Å². The number of rotatable bonds is 7. The lowest BCUT2D eigenvalue weighted by molar-refractivity contribution is -0.139. The SMILES string of the molecule is CCOC(=O)C1=C(CN2CCN(c3ccccc3)CC2)NC(=O)N[C@@H]1c1ccccc1OC. The summed E-state index contributed by atoms with van der Waals surface area (Å²) in [5.74, 6) is 0.154. The Morgan fingerprint density at radius 1 is 1.03 bits per heavy atom. The number of esters is 1. The maximum Gasteiger partial charge on any atom is 0.338 e. The molecule has 0 aliphatic carbocycles. The van der Waals surface area contributed by atoms with Crippen molar-refractivity contribution in [2.24, 2.45) is 0 Å². The van der Waals surface area contributed by atoms with Gasteiger partial charge in [0, 0.05) is 49.7 Å². The van der Waals surface area contributed by atoms with E-state index in [1.807, 2.05) is 42.5 Å². The maximum atomic E-state index is 13.0. The highest BCUT2D eigenvalue weighted by Gasteiger charge is 2.36. The first-order valence-corrected chi connectivity index (χ1v) is 11.2. The molecule has 2 aliphatic heterocycles. The molecule has 1 saturated heterocycles. The van der Waals surface area contributed by atoms with E-state index in [-0.39, 0.29) is 12.6 Å². The number of piperazine rings is 1. The number of carbonyl (C=O) groups is 2. The van der Waals surface area contributed by atoms with E-state index in [9.17, 15) is 9.59 Å². The average Bonchev–Trinajstić information content (AvgIpc) is 2.84. The van der Waals surface area contributed by atoms with Gasteiger partial charge in [-0.2, -0.15) is 0 Å². The van der Waals surface area contributed by atoms with Gasteiger partial charge >= 0.3 is 12.0 Å². The summed E-state index contributed by atoms with van der Waals surface area (Å²) < 4.78 is 10.9. The van der Waals surface area contributed by atoms with Crippen LogP contribution in [0, 0.1) is 0 Å². The first-order valence-electron chi connectivity index (χ1n) is 11.2. The normalized spacial score (nSPS) is 19.0. The molecule has 0 radical (unpaired) electrons. The number of hydrogen-bond acceptors (Lipinski definition) is 6. The molecule has 0 bridgehead atoms. The van der Waals surface area contributed by atoms with Crippen LogP contribution in [-0.4, -0.2) is 63.3 Å². The van der Waals surface area contributed by atoms with Crippen LogP contribution in [0.4, 0.5) is 10.5 Å². The van der Waals surface area contributed by atoms with Crippen LogP contribution in [0.3, 0.4) is 0 Å². The number of amides is 2. The number of urea groups is 1. The molecule has 2 aliphatic rings. The molecule has 2 N–H and O–H groups in total. The summed E-state index contributed by atoms with van der Waals surface area (Å²) in [5, 5.41) is 5.74. The van der Waals surface area contributed by atoms with Gasteiger partial charge in [0.25, 0.3) is 0 Å². The van der Waals surface area contributed by atoms with Crippen LogP contribution in [0.25, 0.3) is 0 Å². The molecule has 2 heterocycles. The predicted molar refractivity (Wildman–Crippen MR) is 126 cm³/mol. The van der Waals surface area contributed by atoms with E-state index in [2.05, 4.69) is 32.6 Å². The van der Waals surface area contributed by atoms with Crippen molar-refractivity contribution in [2.45, 2.75) is 13.0 Å². The van der Waals surface area contributed by atoms with Gasteiger partial charge in [-0.05, 0) is 25.1 Å². The Bertz CT molecular complexity index is 1020. The smallest absolute Gasteiger partial charge is 0.338 e. The van der Waals surface area contributed by atoms with Crippen LogP contribution in [-0.2, 0) is 9.53 Å². The molecular weight excluding hydrogens is 420 g/mol. The van der Waals surface area contributed by atoms with Crippen molar-refractivity contribution >= 4 is 17.7 Å². The van der Waals surface area contributed by atoms with Crippen molar-refractivity contribution in [1.29, 1.82) is 0 Å². The van der Waals surface area contributed by atoms with Crippen molar-refractivity contribution in [3.63, 3.8) is 0 Å². The van der Waals surface area contributed by atoms with E-state index in [1.54, 1.807) is 14.0 Å². The first kappa shape index (κ1) is 22.7. The molecule has 1 atom stereocenters. The molecule has 8 nitrogen and oxygen atoms in total. The fourth-order valence-electron chi connectivity index (χ4n) is 4.36. The molecular formula is C25H30N4O4. The highest BCUT2D eigenvalue weighted by Crippen LogP contribution is 2.33. The Balaban J connectivity index is 1.59. The van der Waals surface area contributed by atoms with Gasteiger partial charge in [0.15, 0.2) is 0 Å². The number of hydrogen-bond donors (Lipinski definition) is 2. The number of anilines is 1. The number of methoxy groups -OCH3 is 1. The second kappa shape index (κ2) is 10.4. The summed E-state index contributed by atoms with van der Waals surface area (Å²) in [6.45, 7) is 5.85. The molecule has 2 amide bonds. The summed E-state index contributed by atoms with van der Waals surface area (Å²) in [4.78, 5) is 30.2. The second-order valence-corrected chi connectivity index (χ2v) is 7.98. The zero-order chi connectivity index (χ0) is 23.2. The van der Waals surface area contributed by atoms with E-state index in [0.717, 1.165) is 26.2 Å². The van der Waals surface area contributed by atoms with Gasteiger partial charge in [0.1, 0.15) is 5.75 Å². The fraction of sp³-hybridized carbons (Fsp3) is 0.360. The van der Waals surface area contributed by atoms with Gasteiger partial charge < -0.3 is 25.0 Å². The van der Waals surface area contributed by atoms with Crippen molar-refractivity contribution in [1.82, 2.24) is 15.5 Å². The molecule has 0 saturated carbocycles. The lowest BCUT2D eigenvalue weighted by Gasteiger charge is -2.38. The quantitative estimate of drug-likeness (QED) is 0.631. The minimum atomic E-state index is -0.658. The Kier molecular flexibility index (Phi) is 7.14. The third kappa shape index (κ3) is 5.12.